The van der Waals surface area contributed by atoms with Gasteiger partial charge in [-0.3, -0.25) is 4.79 Å². The Hall–Kier alpha value is -1.69. The predicted molar refractivity (Wildman–Crippen MR) is 87.5 cm³/mol. The minimum absolute atomic E-state index is 0.199. The average Bonchev–Trinajstić information content (AvgIpc) is 3.30. The van der Waals surface area contributed by atoms with Crippen molar-refractivity contribution in [2.75, 3.05) is 13.1 Å². The summed E-state index contributed by atoms with van der Waals surface area (Å²) in [6, 6.07) is 4.01. The zero-order valence-corrected chi connectivity index (χ0v) is 13.9. The van der Waals surface area contributed by atoms with Gasteiger partial charge in [0.2, 0.25) is 11.8 Å². The highest BCUT2D eigenvalue weighted by Crippen LogP contribution is 2.34. The largest absolute Gasteiger partial charge is 0.342 e. The lowest BCUT2D eigenvalue weighted by Gasteiger charge is -2.15. The molecule has 1 saturated carbocycles. The Balaban J connectivity index is 1.37. The molecule has 1 aliphatic carbocycles. The van der Waals surface area contributed by atoms with Crippen LogP contribution in [0.1, 0.15) is 60.5 Å². The van der Waals surface area contributed by atoms with Crippen molar-refractivity contribution >= 4 is 17.2 Å². The molecule has 2 aromatic rings. The molecule has 1 atom stereocenters. The van der Waals surface area contributed by atoms with Crippen molar-refractivity contribution in [2.45, 2.75) is 50.4 Å². The molecule has 0 radical (unpaired) electrons. The number of hydrogen-bond donors (Lipinski definition) is 0. The van der Waals surface area contributed by atoms with Crippen LogP contribution in [0.25, 0.3) is 0 Å². The van der Waals surface area contributed by atoms with Crippen LogP contribution in [0, 0.1) is 0 Å². The van der Waals surface area contributed by atoms with Crippen LogP contribution in [0.2, 0.25) is 0 Å². The maximum atomic E-state index is 12.4. The predicted octanol–water partition coefficient (Wildman–Crippen LogP) is 3.35. The first-order valence-electron chi connectivity index (χ1n) is 8.43. The fraction of sp³-hybridized carbons (Fsp3) is 0.588. The highest BCUT2D eigenvalue weighted by molar-refractivity contribution is 7.10. The smallest absolute Gasteiger partial charge is 0.231 e. The molecule has 0 spiro atoms. The Morgan fingerprint density at radius 2 is 2.17 bits per heavy atom. The standard InChI is InChI=1S/C17H21N3O2S/c21-15(10-14-6-3-9-23-14)20-8-7-13(11-20)17-18-16(19-22-17)12-4-1-2-5-12/h3,6,9,12-13H,1-2,4-5,7-8,10-11H2/t13-/m1/s1. The van der Waals surface area contributed by atoms with Gasteiger partial charge in [0.25, 0.3) is 0 Å². The van der Waals surface area contributed by atoms with Gasteiger partial charge in [0.1, 0.15) is 0 Å². The molecule has 2 fully saturated rings. The molecule has 0 aromatic carbocycles. The zero-order chi connectivity index (χ0) is 15.6. The summed E-state index contributed by atoms with van der Waals surface area (Å²) in [6.45, 7) is 1.49. The first-order chi connectivity index (χ1) is 11.3. The summed E-state index contributed by atoms with van der Waals surface area (Å²) in [5, 5.41) is 6.20. The van der Waals surface area contributed by atoms with Crippen molar-refractivity contribution in [2.24, 2.45) is 0 Å². The lowest BCUT2D eigenvalue weighted by Crippen LogP contribution is -2.29. The molecule has 0 N–H and O–H groups in total. The number of likely N-dealkylation sites (tertiary alicyclic amines) is 1. The number of hydrogen-bond acceptors (Lipinski definition) is 5. The van der Waals surface area contributed by atoms with Crippen molar-refractivity contribution in [1.29, 1.82) is 0 Å². The summed E-state index contributed by atoms with van der Waals surface area (Å²) >= 11 is 1.64. The van der Waals surface area contributed by atoms with Gasteiger partial charge in [-0.25, -0.2) is 0 Å². The van der Waals surface area contributed by atoms with E-state index in [0.29, 0.717) is 18.9 Å². The van der Waals surface area contributed by atoms with E-state index in [1.54, 1.807) is 11.3 Å². The quantitative estimate of drug-likeness (QED) is 0.862. The summed E-state index contributed by atoms with van der Waals surface area (Å²) in [5.74, 6) is 2.47. The minimum atomic E-state index is 0.199. The molecule has 5 nitrogen and oxygen atoms in total. The van der Waals surface area contributed by atoms with Crippen molar-refractivity contribution in [3.63, 3.8) is 0 Å². The van der Waals surface area contributed by atoms with E-state index in [1.807, 2.05) is 22.4 Å². The molecule has 122 valence electrons. The first kappa shape index (κ1) is 14.9. The van der Waals surface area contributed by atoms with Crippen LogP contribution in [0.3, 0.4) is 0 Å². The maximum Gasteiger partial charge on any atom is 0.231 e. The summed E-state index contributed by atoms with van der Waals surface area (Å²) in [4.78, 5) is 20.1. The second-order valence-corrected chi connectivity index (χ2v) is 7.59. The third-order valence-corrected chi connectivity index (χ3v) is 5.85. The monoisotopic (exact) mass is 331 g/mol. The summed E-state index contributed by atoms with van der Waals surface area (Å²) in [6.07, 6.45) is 6.31. The molecule has 2 aromatic heterocycles. The SMILES string of the molecule is O=C(Cc1cccs1)N1CC[C@@H](c2nc(C3CCCC3)no2)C1. The summed E-state index contributed by atoms with van der Waals surface area (Å²) < 4.78 is 5.50. The fourth-order valence-corrected chi connectivity index (χ4v) is 4.32. The van der Waals surface area contributed by atoms with Gasteiger partial charge in [0, 0.05) is 23.9 Å². The van der Waals surface area contributed by atoms with E-state index in [9.17, 15) is 4.79 Å². The van der Waals surface area contributed by atoms with Gasteiger partial charge < -0.3 is 9.42 Å². The van der Waals surface area contributed by atoms with Crippen molar-refractivity contribution in [1.82, 2.24) is 15.0 Å². The highest BCUT2D eigenvalue weighted by Gasteiger charge is 2.32. The van der Waals surface area contributed by atoms with Crippen molar-refractivity contribution in [3.05, 3.63) is 34.1 Å². The Bertz CT molecular complexity index is 661. The third-order valence-electron chi connectivity index (χ3n) is 4.97. The lowest BCUT2D eigenvalue weighted by molar-refractivity contribution is -0.129. The van der Waals surface area contributed by atoms with Crippen LogP contribution < -0.4 is 0 Å². The molecule has 0 unspecified atom stereocenters. The van der Waals surface area contributed by atoms with E-state index < -0.39 is 0 Å². The number of carbonyl (C=O) groups is 1. The molecule has 6 heteroatoms. The molecule has 1 amide bonds. The minimum Gasteiger partial charge on any atom is -0.342 e. The second kappa shape index (κ2) is 6.43. The molecule has 23 heavy (non-hydrogen) atoms. The molecular weight excluding hydrogens is 310 g/mol. The van der Waals surface area contributed by atoms with Crippen LogP contribution in [-0.2, 0) is 11.2 Å². The number of amides is 1. The molecule has 1 aliphatic heterocycles. The van der Waals surface area contributed by atoms with Crippen LogP contribution in [-0.4, -0.2) is 34.0 Å². The van der Waals surface area contributed by atoms with Gasteiger partial charge >= 0.3 is 0 Å². The van der Waals surface area contributed by atoms with Gasteiger partial charge in [-0.05, 0) is 30.7 Å². The Morgan fingerprint density at radius 1 is 1.30 bits per heavy atom. The van der Waals surface area contributed by atoms with Gasteiger partial charge in [0.15, 0.2) is 5.82 Å². The third kappa shape index (κ3) is 3.17. The maximum absolute atomic E-state index is 12.4. The molecule has 4 rings (SSSR count). The van der Waals surface area contributed by atoms with Crippen LogP contribution >= 0.6 is 11.3 Å². The van der Waals surface area contributed by atoms with Gasteiger partial charge in [-0.2, -0.15) is 4.98 Å². The van der Waals surface area contributed by atoms with E-state index in [1.165, 1.54) is 25.7 Å². The number of aromatic nitrogens is 2. The summed E-state index contributed by atoms with van der Waals surface area (Å²) in [7, 11) is 0. The number of carbonyl (C=O) groups excluding carboxylic acids is 1. The topological polar surface area (TPSA) is 59.2 Å². The Kier molecular flexibility index (Phi) is 4.16. The van der Waals surface area contributed by atoms with Crippen LogP contribution in [0.5, 0.6) is 0 Å². The Morgan fingerprint density at radius 3 is 2.96 bits per heavy atom. The summed E-state index contributed by atoms with van der Waals surface area (Å²) in [5.41, 5.74) is 0. The molecule has 3 heterocycles. The number of thiophene rings is 1. The fourth-order valence-electron chi connectivity index (χ4n) is 3.63. The van der Waals surface area contributed by atoms with Crippen molar-refractivity contribution in [3.8, 4) is 0 Å². The zero-order valence-electron chi connectivity index (χ0n) is 13.1. The molecule has 2 aliphatic rings. The normalized spacial score (nSPS) is 22.1. The van der Waals surface area contributed by atoms with E-state index >= 15 is 0 Å². The highest BCUT2D eigenvalue weighted by atomic mass is 32.1. The molecule has 0 bridgehead atoms. The van der Waals surface area contributed by atoms with Gasteiger partial charge in [0.05, 0.1) is 12.3 Å². The van der Waals surface area contributed by atoms with E-state index in [4.69, 9.17) is 4.52 Å². The van der Waals surface area contributed by atoms with Crippen LogP contribution in [0.4, 0.5) is 0 Å². The lowest BCUT2D eigenvalue weighted by atomic mass is 10.1. The van der Waals surface area contributed by atoms with Crippen LogP contribution in [0.15, 0.2) is 22.0 Å². The van der Waals surface area contributed by atoms with E-state index in [-0.39, 0.29) is 11.8 Å². The molecule has 1 saturated heterocycles. The number of rotatable bonds is 4. The van der Waals surface area contributed by atoms with E-state index in [0.717, 1.165) is 29.6 Å². The van der Waals surface area contributed by atoms with Gasteiger partial charge in [-0.15, -0.1) is 11.3 Å². The van der Waals surface area contributed by atoms with Crippen molar-refractivity contribution < 1.29 is 9.32 Å². The Labute approximate surface area is 139 Å². The first-order valence-corrected chi connectivity index (χ1v) is 9.31. The number of nitrogens with zero attached hydrogens (tertiary/aromatic N) is 3. The second-order valence-electron chi connectivity index (χ2n) is 6.55. The average molecular weight is 331 g/mol. The van der Waals surface area contributed by atoms with Gasteiger partial charge in [-0.1, -0.05) is 24.1 Å². The molecular formula is C17H21N3O2S. The van der Waals surface area contributed by atoms with E-state index in [2.05, 4.69) is 10.1 Å².